The van der Waals surface area contributed by atoms with Crippen molar-refractivity contribution in [3.63, 3.8) is 0 Å². The van der Waals surface area contributed by atoms with E-state index in [1.165, 1.54) is 5.56 Å². The van der Waals surface area contributed by atoms with E-state index in [9.17, 15) is 0 Å². The zero-order valence-electron chi connectivity index (χ0n) is 12.2. The number of ether oxygens (including phenoxy) is 1. The first kappa shape index (κ1) is 14.5. The molecule has 3 heteroatoms. The summed E-state index contributed by atoms with van der Waals surface area (Å²) < 4.78 is 5.75. The van der Waals surface area contributed by atoms with E-state index in [1.807, 2.05) is 30.5 Å². The van der Waals surface area contributed by atoms with Gasteiger partial charge in [-0.15, -0.1) is 0 Å². The SMILES string of the molecule is Cc1ccc(OCC(C)NCCc2ccccn2)cc1. The molecule has 1 unspecified atom stereocenters. The van der Waals surface area contributed by atoms with Crippen molar-refractivity contribution in [1.82, 2.24) is 10.3 Å². The third-order valence-electron chi connectivity index (χ3n) is 3.12. The van der Waals surface area contributed by atoms with Gasteiger partial charge in [-0.3, -0.25) is 4.98 Å². The minimum atomic E-state index is 0.319. The maximum Gasteiger partial charge on any atom is 0.119 e. The summed E-state index contributed by atoms with van der Waals surface area (Å²) in [5.41, 5.74) is 2.37. The van der Waals surface area contributed by atoms with E-state index < -0.39 is 0 Å². The highest BCUT2D eigenvalue weighted by Crippen LogP contribution is 2.11. The molecule has 0 amide bonds. The highest BCUT2D eigenvalue weighted by Gasteiger charge is 2.02. The van der Waals surface area contributed by atoms with E-state index in [2.05, 4.69) is 42.3 Å². The molecule has 106 valence electrons. The first-order chi connectivity index (χ1) is 9.74. The number of nitrogens with one attached hydrogen (secondary N) is 1. The quantitative estimate of drug-likeness (QED) is 0.840. The van der Waals surface area contributed by atoms with Crippen LogP contribution in [0.25, 0.3) is 0 Å². The van der Waals surface area contributed by atoms with E-state index in [0.29, 0.717) is 12.6 Å². The summed E-state index contributed by atoms with van der Waals surface area (Å²) in [6, 6.07) is 14.5. The number of nitrogens with zero attached hydrogens (tertiary/aromatic N) is 1. The molecule has 0 aliphatic heterocycles. The Morgan fingerprint density at radius 1 is 1.15 bits per heavy atom. The molecule has 2 rings (SSSR count). The summed E-state index contributed by atoms with van der Waals surface area (Å²) in [6.45, 7) is 5.79. The molecule has 0 aliphatic carbocycles. The van der Waals surface area contributed by atoms with Gasteiger partial charge in [-0.2, -0.15) is 0 Å². The molecule has 1 aromatic heterocycles. The summed E-state index contributed by atoms with van der Waals surface area (Å²) in [5.74, 6) is 0.925. The standard InChI is InChI=1S/C17H22N2O/c1-14-6-8-17(9-7-14)20-13-15(2)18-12-10-16-5-3-4-11-19-16/h3-9,11,15,18H,10,12-13H2,1-2H3. The third kappa shape index (κ3) is 5.02. The van der Waals surface area contributed by atoms with Crippen LogP contribution in [0.15, 0.2) is 48.7 Å². The molecule has 0 bridgehead atoms. The molecular formula is C17H22N2O. The van der Waals surface area contributed by atoms with Crippen LogP contribution in [0.1, 0.15) is 18.2 Å². The van der Waals surface area contributed by atoms with Gasteiger partial charge in [-0.05, 0) is 38.1 Å². The summed E-state index contributed by atoms with van der Waals surface area (Å²) in [6.07, 6.45) is 2.77. The molecule has 20 heavy (non-hydrogen) atoms. The van der Waals surface area contributed by atoms with Gasteiger partial charge in [0, 0.05) is 30.9 Å². The molecule has 0 saturated heterocycles. The maximum atomic E-state index is 5.75. The van der Waals surface area contributed by atoms with Crippen molar-refractivity contribution in [2.75, 3.05) is 13.2 Å². The van der Waals surface area contributed by atoms with Crippen LogP contribution in [0.4, 0.5) is 0 Å². The summed E-state index contributed by atoms with van der Waals surface area (Å²) in [4.78, 5) is 4.31. The van der Waals surface area contributed by atoms with Crippen molar-refractivity contribution < 1.29 is 4.74 Å². The number of hydrogen-bond acceptors (Lipinski definition) is 3. The Kier molecular flexibility index (Phi) is 5.56. The third-order valence-corrected chi connectivity index (χ3v) is 3.12. The zero-order valence-corrected chi connectivity index (χ0v) is 12.2. The predicted octanol–water partition coefficient (Wildman–Crippen LogP) is 2.99. The Morgan fingerprint density at radius 2 is 1.95 bits per heavy atom. The van der Waals surface area contributed by atoms with Crippen LogP contribution in [-0.2, 0) is 6.42 Å². The molecule has 0 fully saturated rings. The van der Waals surface area contributed by atoms with Crippen LogP contribution >= 0.6 is 0 Å². The van der Waals surface area contributed by atoms with Gasteiger partial charge in [0.25, 0.3) is 0 Å². The van der Waals surface area contributed by atoms with Gasteiger partial charge in [0.05, 0.1) is 0 Å². The zero-order chi connectivity index (χ0) is 14.2. The van der Waals surface area contributed by atoms with E-state index in [1.54, 1.807) is 0 Å². The van der Waals surface area contributed by atoms with Gasteiger partial charge >= 0.3 is 0 Å². The minimum Gasteiger partial charge on any atom is -0.492 e. The molecule has 0 saturated carbocycles. The van der Waals surface area contributed by atoms with Gasteiger partial charge in [0.2, 0.25) is 0 Å². The topological polar surface area (TPSA) is 34.1 Å². The van der Waals surface area contributed by atoms with Crippen LogP contribution in [-0.4, -0.2) is 24.2 Å². The van der Waals surface area contributed by atoms with Crippen molar-refractivity contribution in [2.45, 2.75) is 26.3 Å². The fourth-order valence-corrected chi connectivity index (χ4v) is 1.91. The molecule has 0 spiro atoms. The molecule has 1 atom stereocenters. The Balaban J connectivity index is 1.65. The Bertz CT molecular complexity index is 496. The van der Waals surface area contributed by atoms with E-state index in [4.69, 9.17) is 4.74 Å². The molecule has 2 aromatic rings. The maximum absolute atomic E-state index is 5.75. The summed E-state index contributed by atoms with van der Waals surface area (Å²) in [5, 5.41) is 3.45. The van der Waals surface area contributed by atoms with E-state index in [0.717, 1.165) is 24.4 Å². The first-order valence-electron chi connectivity index (χ1n) is 7.07. The smallest absolute Gasteiger partial charge is 0.119 e. The normalized spacial score (nSPS) is 12.1. The lowest BCUT2D eigenvalue weighted by Crippen LogP contribution is -2.33. The van der Waals surface area contributed by atoms with Crippen molar-refractivity contribution in [2.24, 2.45) is 0 Å². The molecular weight excluding hydrogens is 248 g/mol. The number of hydrogen-bond donors (Lipinski definition) is 1. The highest BCUT2D eigenvalue weighted by atomic mass is 16.5. The lowest BCUT2D eigenvalue weighted by molar-refractivity contribution is 0.274. The fourth-order valence-electron chi connectivity index (χ4n) is 1.91. The van der Waals surface area contributed by atoms with Crippen molar-refractivity contribution in [3.05, 3.63) is 59.9 Å². The van der Waals surface area contributed by atoms with Crippen LogP contribution in [0.2, 0.25) is 0 Å². The molecule has 1 N–H and O–H groups in total. The number of rotatable bonds is 7. The average Bonchev–Trinajstić information content (AvgIpc) is 2.48. The van der Waals surface area contributed by atoms with Crippen LogP contribution in [0.5, 0.6) is 5.75 Å². The van der Waals surface area contributed by atoms with E-state index >= 15 is 0 Å². The summed E-state index contributed by atoms with van der Waals surface area (Å²) >= 11 is 0. The summed E-state index contributed by atoms with van der Waals surface area (Å²) in [7, 11) is 0. The number of benzene rings is 1. The number of pyridine rings is 1. The Hall–Kier alpha value is -1.87. The molecule has 0 aliphatic rings. The molecule has 3 nitrogen and oxygen atoms in total. The lowest BCUT2D eigenvalue weighted by atomic mass is 10.2. The van der Waals surface area contributed by atoms with Crippen molar-refractivity contribution in [1.29, 1.82) is 0 Å². The first-order valence-corrected chi connectivity index (χ1v) is 7.07. The van der Waals surface area contributed by atoms with Crippen LogP contribution in [0.3, 0.4) is 0 Å². The van der Waals surface area contributed by atoms with Crippen molar-refractivity contribution >= 4 is 0 Å². The molecule has 0 radical (unpaired) electrons. The van der Waals surface area contributed by atoms with Crippen molar-refractivity contribution in [3.8, 4) is 5.75 Å². The predicted molar refractivity (Wildman–Crippen MR) is 82.1 cm³/mol. The van der Waals surface area contributed by atoms with Crippen LogP contribution < -0.4 is 10.1 Å². The van der Waals surface area contributed by atoms with Gasteiger partial charge in [0.1, 0.15) is 12.4 Å². The molecule has 1 aromatic carbocycles. The van der Waals surface area contributed by atoms with E-state index in [-0.39, 0.29) is 0 Å². The second-order valence-corrected chi connectivity index (χ2v) is 5.05. The van der Waals surface area contributed by atoms with Gasteiger partial charge in [0.15, 0.2) is 0 Å². The van der Waals surface area contributed by atoms with Crippen LogP contribution in [0, 0.1) is 6.92 Å². The second-order valence-electron chi connectivity index (χ2n) is 5.05. The Morgan fingerprint density at radius 3 is 2.65 bits per heavy atom. The molecule has 1 heterocycles. The monoisotopic (exact) mass is 270 g/mol. The number of aromatic nitrogens is 1. The Labute approximate surface area is 121 Å². The fraction of sp³-hybridized carbons (Fsp3) is 0.353. The van der Waals surface area contributed by atoms with Gasteiger partial charge < -0.3 is 10.1 Å². The van der Waals surface area contributed by atoms with Gasteiger partial charge in [-0.25, -0.2) is 0 Å². The number of aryl methyl sites for hydroxylation is 1. The largest absolute Gasteiger partial charge is 0.492 e. The lowest BCUT2D eigenvalue weighted by Gasteiger charge is -2.15. The van der Waals surface area contributed by atoms with Gasteiger partial charge in [-0.1, -0.05) is 23.8 Å². The second kappa shape index (κ2) is 7.65. The highest BCUT2D eigenvalue weighted by molar-refractivity contribution is 5.26. The minimum absolute atomic E-state index is 0.319. The average molecular weight is 270 g/mol.